The van der Waals surface area contributed by atoms with Crippen LogP contribution in [0.15, 0.2) is 84.9 Å². The summed E-state index contributed by atoms with van der Waals surface area (Å²) in [6.07, 6.45) is 0.837. The topological polar surface area (TPSA) is 0 Å². The standard InChI is InChI=1S/C23H21Cl/c1-18-12-14-21(15-13-18)23(20-10-6-3-7-11-20)22(16-17-24)19-8-4-2-5-9-19/h2-15H,16-17H2,1H3/b23-22+. The maximum absolute atomic E-state index is 6.16. The minimum absolute atomic E-state index is 0.604. The highest BCUT2D eigenvalue weighted by atomic mass is 35.5. The lowest BCUT2D eigenvalue weighted by atomic mass is 9.88. The summed E-state index contributed by atoms with van der Waals surface area (Å²) in [7, 11) is 0. The summed E-state index contributed by atoms with van der Waals surface area (Å²) in [6.45, 7) is 2.12. The molecule has 0 bridgehead atoms. The summed E-state index contributed by atoms with van der Waals surface area (Å²) < 4.78 is 0. The second-order valence-electron chi connectivity index (χ2n) is 5.89. The Morgan fingerprint density at radius 1 is 0.667 bits per heavy atom. The molecule has 0 nitrogen and oxygen atoms in total. The van der Waals surface area contributed by atoms with Crippen molar-refractivity contribution < 1.29 is 0 Å². The minimum atomic E-state index is 0.604. The van der Waals surface area contributed by atoms with Crippen molar-refractivity contribution in [2.75, 3.05) is 5.88 Å². The smallest absolute Gasteiger partial charge is 0.0264 e. The first-order chi connectivity index (χ1) is 11.8. The molecule has 24 heavy (non-hydrogen) atoms. The van der Waals surface area contributed by atoms with Gasteiger partial charge in [0.05, 0.1) is 0 Å². The third kappa shape index (κ3) is 3.77. The molecule has 120 valence electrons. The Bertz CT molecular complexity index is 800. The Hall–Kier alpha value is -2.31. The molecule has 0 heterocycles. The molecule has 0 aliphatic carbocycles. The minimum Gasteiger partial charge on any atom is -0.126 e. The lowest BCUT2D eigenvalue weighted by Gasteiger charge is -2.17. The van der Waals surface area contributed by atoms with Crippen molar-refractivity contribution in [1.82, 2.24) is 0 Å². The molecule has 0 saturated carbocycles. The molecule has 0 N–H and O–H groups in total. The SMILES string of the molecule is Cc1ccc(/C(=C(\CCCl)c2ccccc2)c2ccccc2)cc1. The van der Waals surface area contributed by atoms with Crippen LogP contribution in [0.3, 0.4) is 0 Å². The van der Waals surface area contributed by atoms with E-state index < -0.39 is 0 Å². The molecule has 0 saturated heterocycles. The van der Waals surface area contributed by atoms with Gasteiger partial charge in [0.2, 0.25) is 0 Å². The third-order valence-electron chi connectivity index (χ3n) is 4.17. The second-order valence-corrected chi connectivity index (χ2v) is 6.27. The summed E-state index contributed by atoms with van der Waals surface area (Å²) >= 11 is 6.16. The van der Waals surface area contributed by atoms with Gasteiger partial charge in [0.25, 0.3) is 0 Å². The molecule has 0 atom stereocenters. The largest absolute Gasteiger partial charge is 0.126 e. The Morgan fingerprint density at radius 2 is 1.17 bits per heavy atom. The van der Waals surface area contributed by atoms with E-state index in [1.165, 1.54) is 33.4 Å². The zero-order valence-corrected chi connectivity index (χ0v) is 14.6. The molecular formula is C23H21Cl. The molecular weight excluding hydrogens is 312 g/mol. The molecule has 3 rings (SSSR count). The van der Waals surface area contributed by atoms with E-state index in [-0.39, 0.29) is 0 Å². The Labute approximate surface area is 149 Å². The van der Waals surface area contributed by atoms with Gasteiger partial charge in [0.15, 0.2) is 0 Å². The van der Waals surface area contributed by atoms with Gasteiger partial charge < -0.3 is 0 Å². The van der Waals surface area contributed by atoms with Crippen LogP contribution in [0.5, 0.6) is 0 Å². The van der Waals surface area contributed by atoms with Gasteiger partial charge in [0, 0.05) is 5.88 Å². The van der Waals surface area contributed by atoms with Gasteiger partial charge in [0.1, 0.15) is 0 Å². The lowest BCUT2D eigenvalue weighted by Crippen LogP contribution is -1.96. The van der Waals surface area contributed by atoms with Crippen LogP contribution in [0.4, 0.5) is 0 Å². The van der Waals surface area contributed by atoms with Gasteiger partial charge >= 0.3 is 0 Å². The van der Waals surface area contributed by atoms with E-state index >= 15 is 0 Å². The van der Waals surface area contributed by atoms with Crippen molar-refractivity contribution in [2.24, 2.45) is 0 Å². The predicted octanol–water partition coefficient (Wildman–Crippen LogP) is 6.58. The average molecular weight is 333 g/mol. The molecule has 0 amide bonds. The van der Waals surface area contributed by atoms with Gasteiger partial charge in [-0.3, -0.25) is 0 Å². The molecule has 1 heteroatoms. The Kier molecular flexibility index (Phi) is 5.51. The maximum atomic E-state index is 6.16. The number of hydrogen-bond donors (Lipinski definition) is 0. The molecule has 0 aliphatic rings. The Balaban J connectivity index is 2.26. The molecule has 3 aromatic carbocycles. The first-order valence-electron chi connectivity index (χ1n) is 8.26. The quantitative estimate of drug-likeness (QED) is 0.365. The van der Waals surface area contributed by atoms with E-state index in [0.717, 1.165) is 6.42 Å². The number of alkyl halides is 1. The zero-order chi connectivity index (χ0) is 16.8. The van der Waals surface area contributed by atoms with Crippen LogP contribution in [0.2, 0.25) is 0 Å². The molecule has 0 spiro atoms. The van der Waals surface area contributed by atoms with E-state index in [0.29, 0.717) is 5.88 Å². The number of hydrogen-bond acceptors (Lipinski definition) is 0. The van der Waals surface area contributed by atoms with Crippen molar-refractivity contribution in [3.05, 3.63) is 107 Å². The van der Waals surface area contributed by atoms with E-state index in [1.807, 2.05) is 0 Å². The van der Waals surface area contributed by atoms with Crippen LogP contribution in [-0.4, -0.2) is 5.88 Å². The highest BCUT2D eigenvalue weighted by Gasteiger charge is 2.13. The van der Waals surface area contributed by atoms with Crippen molar-refractivity contribution >= 4 is 22.7 Å². The van der Waals surface area contributed by atoms with Crippen LogP contribution in [-0.2, 0) is 0 Å². The number of allylic oxidation sites excluding steroid dienone is 1. The Morgan fingerprint density at radius 3 is 1.71 bits per heavy atom. The zero-order valence-electron chi connectivity index (χ0n) is 13.9. The van der Waals surface area contributed by atoms with E-state index in [4.69, 9.17) is 11.6 Å². The van der Waals surface area contributed by atoms with Crippen LogP contribution < -0.4 is 0 Å². The molecule has 0 fully saturated rings. The highest BCUT2D eigenvalue weighted by Crippen LogP contribution is 2.34. The lowest BCUT2D eigenvalue weighted by molar-refractivity contribution is 1.25. The van der Waals surface area contributed by atoms with E-state index in [2.05, 4.69) is 91.9 Å². The van der Waals surface area contributed by atoms with E-state index in [9.17, 15) is 0 Å². The van der Waals surface area contributed by atoms with Gasteiger partial charge in [-0.1, -0.05) is 90.5 Å². The second kappa shape index (κ2) is 7.99. The average Bonchev–Trinajstić information content (AvgIpc) is 2.64. The van der Waals surface area contributed by atoms with Crippen molar-refractivity contribution in [2.45, 2.75) is 13.3 Å². The predicted molar refractivity (Wildman–Crippen MR) is 105 cm³/mol. The fourth-order valence-electron chi connectivity index (χ4n) is 2.99. The third-order valence-corrected chi connectivity index (χ3v) is 4.36. The molecule has 0 radical (unpaired) electrons. The van der Waals surface area contributed by atoms with E-state index in [1.54, 1.807) is 0 Å². The van der Waals surface area contributed by atoms with Crippen LogP contribution in [0.25, 0.3) is 11.1 Å². The first kappa shape index (κ1) is 16.5. The molecule has 0 unspecified atom stereocenters. The number of aryl methyl sites for hydroxylation is 1. The maximum Gasteiger partial charge on any atom is 0.0264 e. The highest BCUT2D eigenvalue weighted by molar-refractivity contribution is 6.18. The monoisotopic (exact) mass is 332 g/mol. The van der Waals surface area contributed by atoms with Crippen LogP contribution in [0.1, 0.15) is 28.7 Å². The first-order valence-corrected chi connectivity index (χ1v) is 8.80. The van der Waals surface area contributed by atoms with Gasteiger partial charge in [-0.25, -0.2) is 0 Å². The number of rotatable bonds is 5. The van der Waals surface area contributed by atoms with Crippen molar-refractivity contribution in [3.8, 4) is 0 Å². The molecule has 3 aromatic rings. The molecule has 0 aromatic heterocycles. The summed E-state index contributed by atoms with van der Waals surface area (Å²) in [4.78, 5) is 0. The van der Waals surface area contributed by atoms with Crippen molar-refractivity contribution in [1.29, 1.82) is 0 Å². The fourth-order valence-corrected chi connectivity index (χ4v) is 3.18. The summed E-state index contributed by atoms with van der Waals surface area (Å²) in [5.74, 6) is 0.604. The summed E-state index contributed by atoms with van der Waals surface area (Å²) in [5.41, 5.74) is 7.52. The normalized spacial score (nSPS) is 11.9. The summed E-state index contributed by atoms with van der Waals surface area (Å²) in [6, 6.07) is 29.9. The van der Waals surface area contributed by atoms with Gasteiger partial charge in [-0.2, -0.15) is 0 Å². The van der Waals surface area contributed by atoms with Gasteiger partial charge in [-0.05, 0) is 41.2 Å². The van der Waals surface area contributed by atoms with Crippen molar-refractivity contribution in [3.63, 3.8) is 0 Å². The van der Waals surface area contributed by atoms with Gasteiger partial charge in [-0.15, -0.1) is 11.6 Å². The summed E-state index contributed by atoms with van der Waals surface area (Å²) in [5, 5.41) is 0. The van der Waals surface area contributed by atoms with Crippen LogP contribution >= 0.6 is 11.6 Å². The number of benzene rings is 3. The van der Waals surface area contributed by atoms with Crippen LogP contribution in [0, 0.1) is 6.92 Å². The molecule has 0 aliphatic heterocycles. The number of halogens is 1. The fraction of sp³-hybridized carbons (Fsp3) is 0.130.